The molecule has 0 fully saturated rings. The van der Waals surface area contributed by atoms with Crippen LogP contribution in [-0.2, 0) is 6.42 Å². The van der Waals surface area contributed by atoms with Gasteiger partial charge in [0, 0.05) is 5.56 Å². The summed E-state index contributed by atoms with van der Waals surface area (Å²) in [6, 6.07) is 10.6. The number of unbranched alkanes of at least 4 members (excludes halogenated alkanes) is 9. The first kappa shape index (κ1) is 20.4. The summed E-state index contributed by atoms with van der Waals surface area (Å²) in [5, 5.41) is 2.19. The number of fused-ring (bicyclic) bond motifs is 1. The molecule has 26 heavy (non-hydrogen) atoms. The van der Waals surface area contributed by atoms with Crippen molar-refractivity contribution in [3.05, 3.63) is 53.6 Å². The SMILES string of the molecule is C=Cc1ccc2ccc(CCCCCCCCCCCC)cc2c1C=O. The molecule has 0 bridgehead atoms. The lowest BCUT2D eigenvalue weighted by Gasteiger charge is -2.08. The number of benzene rings is 2. The average Bonchev–Trinajstić information content (AvgIpc) is 2.68. The van der Waals surface area contributed by atoms with Crippen LogP contribution >= 0.6 is 0 Å². The molecule has 0 radical (unpaired) electrons. The minimum absolute atomic E-state index is 0.766. The fraction of sp³-hybridized carbons (Fsp3) is 0.480. The molecule has 0 heterocycles. The van der Waals surface area contributed by atoms with Crippen molar-refractivity contribution < 1.29 is 4.79 Å². The number of hydrogen-bond donors (Lipinski definition) is 0. The van der Waals surface area contributed by atoms with Gasteiger partial charge in [0.05, 0.1) is 0 Å². The zero-order valence-corrected chi connectivity index (χ0v) is 16.4. The second-order valence-corrected chi connectivity index (χ2v) is 7.38. The molecule has 0 aliphatic rings. The summed E-state index contributed by atoms with van der Waals surface area (Å²) in [5.74, 6) is 0. The van der Waals surface area contributed by atoms with Gasteiger partial charge in [-0.05, 0) is 34.7 Å². The molecule has 0 N–H and O–H groups in total. The highest BCUT2D eigenvalue weighted by molar-refractivity contribution is 6.01. The van der Waals surface area contributed by atoms with Crippen molar-refractivity contribution in [1.29, 1.82) is 0 Å². The van der Waals surface area contributed by atoms with Crippen LogP contribution in [0, 0.1) is 0 Å². The van der Waals surface area contributed by atoms with Gasteiger partial charge in [-0.25, -0.2) is 0 Å². The van der Waals surface area contributed by atoms with Crippen molar-refractivity contribution in [3.8, 4) is 0 Å². The van der Waals surface area contributed by atoms with E-state index in [-0.39, 0.29) is 0 Å². The third-order valence-electron chi connectivity index (χ3n) is 5.32. The number of aryl methyl sites for hydroxylation is 1. The molecule has 0 saturated heterocycles. The third kappa shape index (κ3) is 6.12. The number of aldehydes is 1. The van der Waals surface area contributed by atoms with Crippen LogP contribution in [0.15, 0.2) is 36.9 Å². The van der Waals surface area contributed by atoms with Crippen molar-refractivity contribution in [1.82, 2.24) is 0 Å². The van der Waals surface area contributed by atoms with Crippen LogP contribution in [0.2, 0.25) is 0 Å². The summed E-state index contributed by atoms with van der Waals surface area (Å²) >= 11 is 0. The summed E-state index contributed by atoms with van der Waals surface area (Å²) in [7, 11) is 0. The Bertz CT molecular complexity index is 699. The maximum absolute atomic E-state index is 11.5. The van der Waals surface area contributed by atoms with Gasteiger partial charge in [0.15, 0.2) is 6.29 Å². The van der Waals surface area contributed by atoms with Crippen LogP contribution in [0.4, 0.5) is 0 Å². The minimum Gasteiger partial charge on any atom is -0.298 e. The smallest absolute Gasteiger partial charge is 0.151 e. The summed E-state index contributed by atoms with van der Waals surface area (Å²) in [4.78, 5) is 11.5. The maximum Gasteiger partial charge on any atom is 0.151 e. The molecule has 2 rings (SSSR count). The molecule has 2 aromatic carbocycles. The average molecular weight is 351 g/mol. The molecule has 140 valence electrons. The van der Waals surface area contributed by atoms with Gasteiger partial charge in [-0.15, -0.1) is 0 Å². The Morgan fingerprint density at radius 3 is 2.08 bits per heavy atom. The second kappa shape index (κ2) is 11.7. The lowest BCUT2D eigenvalue weighted by atomic mass is 9.96. The molecule has 0 unspecified atom stereocenters. The Labute approximate surface area is 159 Å². The van der Waals surface area contributed by atoms with Crippen molar-refractivity contribution in [2.24, 2.45) is 0 Å². The highest BCUT2D eigenvalue weighted by atomic mass is 16.1. The molecule has 0 aliphatic carbocycles. The van der Waals surface area contributed by atoms with E-state index < -0.39 is 0 Å². The lowest BCUT2D eigenvalue weighted by Crippen LogP contribution is -1.92. The van der Waals surface area contributed by atoms with Crippen LogP contribution in [0.25, 0.3) is 16.8 Å². The Kier molecular flexibility index (Phi) is 9.17. The number of rotatable bonds is 13. The van der Waals surface area contributed by atoms with Crippen molar-refractivity contribution >= 4 is 23.1 Å². The van der Waals surface area contributed by atoms with Gasteiger partial charge in [0.1, 0.15) is 0 Å². The van der Waals surface area contributed by atoms with Crippen LogP contribution < -0.4 is 0 Å². The van der Waals surface area contributed by atoms with Gasteiger partial charge in [0.25, 0.3) is 0 Å². The Morgan fingerprint density at radius 2 is 1.46 bits per heavy atom. The van der Waals surface area contributed by atoms with Crippen molar-refractivity contribution in [2.75, 3.05) is 0 Å². The van der Waals surface area contributed by atoms with Crippen molar-refractivity contribution in [3.63, 3.8) is 0 Å². The van der Waals surface area contributed by atoms with Gasteiger partial charge in [-0.2, -0.15) is 0 Å². The van der Waals surface area contributed by atoms with Gasteiger partial charge >= 0.3 is 0 Å². The van der Waals surface area contributed by atoms with Crippen LogP contribution in [0.3, 0.4) is 0 Å². The first-order valence-corrected chi connectivity index (χ1v) is 10.4. The predicted octanol–water partition coefficient (Wildman–Crippen LogP) is 7.76. The molecule has 0 spiro atoms. The fourth-order valence-corrected chi connectivity index (χ4v) is 3.69. The monoisotopic (exact) mass is 350 g/mol. The van der Waals surface area contributed by atoms with Gasteiger partial charge < -0.3 is 0 Å². The quantitative estimate of drug-likeness (QED) is 0.266. The van der Waals surface area contributed by atoms with E-state index in [9.17, 15) is 4.79 Å². The van der Waals surface area contributed by atoms with Gasteiger partial charge in [-0.3, -0.25) is 4.79 Å². The highest BCUT2D eigenvalue weighted by Gasteiger charge is 2.06. The highest BCUT2D eigenvalue weighted by Crippen LogP contribution is 2.24. The van der Waals surface area contributed by atoms with E-state index >= 15 is 0 Å². The van der Waals surface area contributed by atoms with E-state index in [1.165, 1.54) is 69.8 Å². The summed E-state index contributed by atoms with van der Waals surface area (Å²) in [6.07, 6.45) is 17.4. The van der Waals surface area contributed by atoms with Gasteiger partial charge in [0.2, 0.25) is 0 Å². The zero-order chi connectivity index (χ0) is 18.6. The normalized spacial score (nSPS) is 11.0. The summed E-state index contributed by atoms with van der Waals surface area (Å²) in [5.41, 5.74) is 3.02. The van der Waals surface area contributed by atoms with Crippen LogP contribution in [0.5, 0.6) is 0 Å². The minimum atomic E-state index is 0.766. The molecule has 1 heteroatoms. The molecule has 0 aromatic heterocycles. The van der Waals surface area contributed by atoms with Crippen LogP contribution in [-0.4, -0.2) is 6.29 Å². The van der Waals surface area contributed by atoms with E-state index in [0.717, 1.165) is 34.6 Å². The number of carbonyl (C=O) groups is 1. The Balaban J connectivity index is 1.77. The molecular formula is C25H34O. The number of hydrogen-bond acceptors (Lipinski definition) is 1. The molecular weight excluding hydrogens is 316 g/mol. The third-order valence-corrected chi connectivity index (χ3v) is 5.32. The molecule has 0 amide bonds. The Hall–Kier alpha value is -1.89. The number of carbonyl (C=O) groups excluding carboxylic acids is 1. The fourth-order valence-electron chi connectivity index (χ4n) is 3.69. The lowest BCUT2D eigenvalue weighted by molar-refractivity contribution is 0.112. The van der Waals surface area contributed by atoms with E-state index in [1.807, 2.05) is 6.07 Å². The maximum atomic E-state index is 11.5. The molecule has 2 aromatic rings. The van der Waals surface area contributed by atoms with E-state index in [4.69, 9.17) is 0 Å². The van der Waals surface area contributed by atoms with Crippen molar-refractivity contribution in [2.45, 2.75) is 77.6 Å². The summed E-state index contributed by atoms with van der Waals surface area (Å²) in [6.45, 7) is 6.09. The summed E-state index contributed by atoms with van der Waals surface area (Å²) < 4.78 is 0. The van der Waals surface area contributed by atoms with E-state index in [2.05, 4.69) is 37.8 Å². The topological polar surface area (TPSA) is 17.1 Å². The molecule has 0 aliphatic heterocycles. The molecule has 0 saturated carbocycles. The molecule has 1 nitrogen and oxygen atoms in total. The predicted molar refractivity (Wildman–Crippen MR) is 115 cm³/mol. The van der Waals surface area contributed by atoms with E-state index in [0.29, 0.717) is 0 Å². The second-order valence-electron chi connectivity index (χ2n) is 7.38. The largest absolute Gasteiger partial charge is 0.298 e. The first-order chi connectivity index (χ1) is 12.8. The van der Waals surface area contributed by atoms with Gasteiger partial charge in [-0.1, -0.05) is 108 Å². The molecule has 0 atom stereocenters. The standard InChI is InChI=1S/C25H34O/c1-3-5-6-7-8-9-10-11-12-13-14-21-15-16-23-18-17-22(4-2)25(20-26)24(23)19-21/h4,15-20H,2-3,5-14H2,1H3. The Morgan fingerprint density at radius 1 is 0.846 bits per heavy atom. The van der Waals surface area contributed by atoms with Crippen LogP contribution in [0.1, 0.15) is 92.6 Å². The first-order valence-electron chi connectivity index (χ1n) is 10.4. The zero-order valence-electron chi connectivity index (χ0n) is 16.4. The van der Waals surface area contributed by atoms with E-state index in [1.54, 1.807) is 6.08 Å².